The summed E-state index contributed by atoms with van der Waals surface area (Å²) in [4.78, 5) is 37.6. The molecule has 0 aromatic heterocycles. The Morgan fingerprint density at radius 2 is 0.651 bits per heavy atom. The minimum atomic E-state index is -1.51. The summed E-state index contributed by atoms with van der Waals surface area (Å²) in [6, 6.07) is 0. The molecule has 0 fully saturated rings. The van der Waals surface area contributed by atoms with Crippen LogP contribution in [-0.2, 0) is 33.3 Å². The third kappa shape index (κ3) is 66.9. The van der Waals surface area contributed by atoms with Gasteiger partial charge in [0.1, 0.15) is 13.2 Å². The van der Waals surface area contributed by atoms with Gasteiger partial charge in [0.2, 0.25) is 0 Å². The zero-order chi connectivity index (χ0) is 60.5. The van der Waals surface area contributed by atoms with Gasteiger partial charge in [-0.15, -0.1) is 0 Å². The van der Waals surface area contributed by atoms with E-state index in [0.29, 0.717) is 17.4 Å². The second-order valence-electron chi connectivity index (χ2n) is 25.9. The average Bonchev–Trinajstić information content (AvgIpc) is 3.46. The predicted octanol–water partition coefficient (Wildman–Crippen LogP) is 22.4. The predicted molar refractivity (Wildman–Crippen MR) is 355 cm³/mol. The van der Waals surface area contributed by atoms with Crippen molar-refractivity contribution in [1.29, 1.82) is 0 Å². The first-order valence-corrected chi connectivity index (χ1v) is 36.2. The summed E-state index contributed by atoms with van der Waals surface area (Å²) in [6.45, 7) is 4.90. The Kier molecular flexibility index (Phi) is 63.5. The van der Waals surface area contributed by atoms with Crippen molar-refractivity contribution < 1.29 is 42.9 Å². The highest BCUT2D eigenvalue weighted by atomic mass is 16.7. The number of ether oxygens (including phenoxy) is 4. The monoisotopic (exact) mass is 1170 g/mol. The molecule has 9 nitrogen and oxygen atoms in total. The summed E-state index contributed by atoms with van der Waals surface area (Å²) >= 11 is 0. The van der Waals surface area contributed by atoms with Crippen LogP contribution in [0.4, 0.5) is 0 Å². The van der Waals surface area contributed by atoms with Crippen molar-refractivity contribution in [2.45, 2.75) is 373 Å². The minimum Gasteiger partial charge on any atom is -0.477 e. The lowest BCUT2D eigenvalue weighted by Crippen LogP contribution is -2.40. The lowest BCUT2D eigenvalue weighted by molar-refractivity contribution is -0.870. The molecule has 2 unspecified atom stereocenters. The maximum Gasteiger partial charge on any atom is 0.361 e. The molecule has 2 atom stereocenters. The van der Waals surface area contributed by atoms with E-state index in [9.17, 15) is 19.5 Å². The van der Waals surface area contributed by atoms with E-state index < -0.39 is 24.3 Å². The molecule has 0 aliphatic rings. The molecule has 488 valence electrons. The van der Waals surface area contributed by atoms with Crippen LogP contribution in [0.3, 0.4) is 0 Å². The Balaban J connectivity index is 3.93. The average molecular weight is 1170 g/mol. The van der Waals surface area contributed by atoms with Crippen LogP contribution < -0.4 is 0 Å². The van der Waals surface area contributed by atoms with Crippen LogP contribution in [0.1, 0.15) is 361 Å². The molecule has 0 aliphatic carbocycles. The van der Waals surface area contributed by atoms with E-state index in [1.807, 2.05) is 21.1 Å². The molecule has 0 saturated heterocycles. The van der Waals surface area contributed by atoms with Crippen LogP contribution in [0.5, 0.6) is 0 Å². The molecule has 0 aliphatic heterocycles. The van der Waals surface area contributed by atoms with Gasteiger partial charge >= 0.3 is 17.9 Å². The maximum atomic E-state index is 12.9. The quantitative estimate of drug-likeness (QED) is 0.0211. The highest BCUT2D eigenvalue weighted by Crippen LogP contribution is 2.19. The minimum absolute atomic E-state index is 0.179. The summed E-state index contributed by atoms with van der Waals surface area (Å²) in [5, 5.41) is 9.73. The van der Waals surface area contributed by atoms with Crippen LogP contribution in [0.2, 0.25) is 0 Å². The van der Waals surface area contributed by atoms with E-state index in [-0.39, 0.29) is 32.2 Å². The molecule has 0 amide bonds. The smallest absolute Gasteiger partial charge is 0.361 e. The number of nitrogens with zero attached hydrogens (tertiary/aromatic N) is 1. The van der Waals surface area contributed by atoms with Gasteiger partial charge in [0, 0.05) is 12.8 Å². The molecule has 0 aromatic rings. The standard InChI is InChI=1S/C74H139NO8/c1-6-8-10-12-14-16-18-20-22-24-26-27-28-29-30-31-32-33-34-35-36-37-38-39-40-41-42-43-44-45-47-48-50-52-54-56-58-60-62-64-71(76)81-68-70(69-82-74(73(78)79)80-67-66-75(3,4)5)83-72(77)65-63-61-59-57-55-53-51-49-46-25-23-21-19-17-15-13-11-9-7-2/h15,17,21,23-24,26,70,74H,6-14,16,18-20,22,25,27-69H2,1-5H3/p+1/b17-15-,23-21-,26-24-. The number of esters is 2. The first-order valence-electron chi connectivity index (χ1n) is 36.2. The van der Waals surface area contributed by atoms with E-state index in [1.54, 1.807) is 0 Å². The fourth-order valence-electron chi connectivity index (χ4n) is 10.8. The second kappa shape index (κ2) is 65.5. The second-order valence-corrected chi connectivity index (χ2v) is 25.9. The van der Waals surface area contributed by atoms with E-state index in [4.69, 9.17) is 18.9 Å². The molecule has 0 spiro atoms. The number of carboxylic acids is 1. The highest BCUT2D eigenvalue weighted by Gasteiger charge is 2.25. The van der Waals surface area contributed by atoms with Gasteiger partial charge in [0.25, 0.3) is 6.29 Å². The van der Waals surface area contributed by atoms with E-state index >= 15 is 0 Å². The highest BCUT2D eigenvalue weighted by molar-refractivity contribution is 5.71. The van der Waals surface area contributed by atoms with Crippen molar-refractivity contribution in [3.63, 3.8) is 0 Å². The molecule has 0 bridgehead atoms. The Labute approximate surface area is 515 Å². The topological polar surface area (TPSA) is 108 Å². The van der Waals surface area contributed by atoms with Crippen LogP contribution in [0.25, 0.3) is 0 Å². The molecule has 1 N–H and O–H groups in total. The van der Waals surface area contributed by atoms with Crippen LogP contribution in [0.15, 0.2) is 36.5 Å². The molecule has 0 aromatic carbocycles. The van der Waals surface area contributed by atoms with Gasteiger partial charge in [0.05, 0.1) is 34.4 Å². The number of aliphatic carboxylic acids is 1. The van der Waals surface area contributed by atoms with Crippen molar-refractivity contribution >= 4 is 17.9 Å². The van der Waals surface area contributed by atoms with E-state index in [1.165, 1.54) is 283 Å². The van der Waals surface area contributed by atoms with Crippen molar-refractivity contribution in [2.75, 3.05) is 47.5 Å². The lowest BCUT2D eigenvalue weighted by Gasteiger charge is -2.25. The Hall–Kier alpha value is -2.49. The maximum absolute atomic E-state index is 12.9. The Bertz CT molecular complexity index is 1450. The number of hydrogen-bond donors (Lipinski definition) is 1. The number of carbonyl (C=O) groups is 3. The van der Waals surface area contributed by atoms with Gasteiger partial charge in [0.15, 0.2) is 6.10 Å². The number of unbranched alkanes of at least 4 members (excludes halogenated alkanes) is 47. The van der Waals surface area contributed by atoms with Crippen LogP contribution >= 0.6 is 0 Å². The third-order valence-corrected chi connectivity index (χ3v) is 16.4. The summed E-state index contributed by atoms with van der Waals surface area (Å²) in [5.41, 5.74) is 0. The Morgan fingerprint density at radius 3 is 0.988 bits per heavy atom. The van der Waals surface area contributed by atoms with Gasteiger partial charge in [-0.3, -0.25) is 9.59 Å². The summed E-state index contributed by atoms with van der Waals surface area (Å²) in [7, 11) is 5.98. The molecule has 0 rings (SSSR count). The molecule has 9 heteroatoms. The lowest BCUT2D eigenvalue weighted by atomic mass is 10.0. The first kappa shape index (κ1) is 80.5. The summed E-state index contributed by atoms with van der Waals surface area (Å²) in [5.74, 6) is -1.99. The zero-order valence-corrected chi connectivity index (χ0v) is 55.9. The Morgan fingerprint density at radius 1 is 0.361 bits per heavy atom. The SMILES string of the molecule is CCCCC/C=C\C/C=C\CCCCCCCCCCCC(=O)OC(COC(=O)CCCCCCCCCCCCCCCCCCCCCCCCCCCCC/C=C\CCCCCCCCCC)COC(OCC[N+](C)(C)C)C(=O)O. The van der Waals surface area contributed by atoms with Crippen molar-refractivity contribution in [3.8, 4) is 0 Å². The van der Waals surface area contributed by atoms with Gasteiger partial charge in [-0.25, -0.2) is 4.79 Å². The fourth-order valence-corrected chi connectivity index (χ4v) is 10.8. The zero-order valence-electron chi connectivity index (χ0n) is 55.9. The number of allylic oxidation sites excluding steroid dienone is 6. The van der Waals surface area contributed by atoms with Gasteiger partial charge in [-0.1, -0.05) is 314 Å². The molecule has 0 radical (unpaired) electrons. The molecule has 83 heavy (non-hydrogen) atoms. The van der Waals surface area contributed by atoms with E-state index in [2.05, 4.69) is 50.3 Å². The van der Waals surface area contributed by atoms with Gasteiger partial charge in [-0.05, 0) is 70.6 Å². The van der Waals surface area contributed by atoms with Crippen LogP contribution in [-0.4, -0.2) is 87.4 Å². The number of quaternary nitrogens is 1. The van der Waals surface area contributed by atoms with Crippen molar-refractivity contribution in [1.82, 2.24) is 0 Å². The molecule has 0 saturated carbocycles. The number of likely N-dealkylation sites (N-methyl/N-ethyl adjacent to an activating group) is 1. The molecular formula is C74H140NO8+. The number of rotatable bonds is 68. The van der Waals surface area contributed by atoms with Gasteiger partial charge < -0.3 is 28.5 Å². The van der Waals surface area contributed by atoms with Crippen LogP contribution in [0, 0.1) is 0 Å². The number of carbonyl (C=O) groups excluding carboxylic acids is 2. The molecular weight excluding hydrogens is 1030 g/mol. The molecule has 0 heterocycles. The van der Waals surface area contributed by atoms with Crippen molar-refractivity contribution in [3.05, 3.63) is 36.5 Å². The van der Waals surface area contributed by atoms with Gasteiger partial charge in [-0.2, -0.15) is 0 Å². The third-order valence-electron chi connectivity index (χ3n) is 16.4. The fraction of sp³-hybridized carbons (Fsp3) is 0.878. The summed E-state index contributed by atoms with van der Waals surface area (Å²) < 4.78 is 23.0. The normalized spacial score (nSPS) is 12.8. The van der Waals surface area contributed by atoms with E-state index in [0.717, 1.165) is 51.4 Å². The summed E-state index contributed by atoms with van der Waals surface area (Å²) in [6.07, 6.45) is 80.0. The largest absolute Gasteiger partial charge is 0.477 e. The number of hydrogen-bond acceptors (Lipinski definition) is 7. The van der Waals surface area contributed by atoms with Crippen molar-refractivity contribution in [2.24, 2.45) is 0 Å². The number of carboxylic acid groups (broad SMARTS) is 1. The first-order chi connectivity index (χ1) is 40.6.